The molecule has 168 valence electrons. The highest BCUT2D eigenvalue weighted by Gasteiger charge is 2.41. The van der Waals surface area contributed by atoms with Gasteiger partial charge in [-0.1, -0.05) is 36.4 Å². The average molecular weight is 458 g/mol. The van der Waals surface area contributed by atoms with Crippen LogP contribution in [0.3, 0.4) is 0 Å². The topological polar surface area (TPSA) is 137 Å². The third kappa shape index (κ3) is 3.37. The van der Waals surface area contributed by atoms with Crippen molar-refractivity contribution < 1.29 is 28.5 Å². The van der Waals surface area contributed by atoms with Gasteiger partial charge in [-0.3, -0.25) is 29.4 Å². The van der Waals surface area contributed by atoms with Crippen LogP contribution in [0.15, 0.2) is 69.9 Å². The Morgan fingerprint density at radius 2 is 1.79 bits per heavy atom. The summed E-state index contributed by atoms with van der Waals surface area (Å²) in [5.41, 5.74) is -0.921. The molecule has 0 unspecified atom stereocenters. The number of benzene rings is 3. The third-order valence-corrected chi connectivity index (χ3v) is 5.56. The highest BCUT2D eigenvalue weighted by atomic mass is 16.6. The van der Waals surface area contributed by atoms with E-state index in [1.807, 2.05) is 24.3 Å². The molecular formula is C24H14N2O8. The summed E-state index contributed by atoms with van der Waals surface area (Å²) in [7, 11) is 0. The number of fused-ring (bicyclic) bond motifs is 4. The maximum absolute atomic E-state index is 12.6. The molecular weight excluding hydrogens is 444 g/mol. The SMILES string of the molecule is O=C(CN1C(=O)c2cccc([N+](=O)[O-])c2C1=O)OCc1cc(=O)oc2ccc3ccccc3c12. The summed E-state index contributed by atoms with van der Waals surface area (Å²) in [5, 5.41) is 13.5. The molecule has 0 saturated carbocycles. The number of amides is 2. The normalized spacial score (nSPS) is 12.9. The monoisotopic (exact) mass is 458 g/mol. The van der Waals surface area contributed by atoms with Crippen LogP contribution in [-0.4, -0.2) is 34.2 Å². The van der Waals surface area contributed by atoms with Crippen LogP contribution >= 0.6 is 0 Å². The standard InChI is InChI=1S/C24H14N2O8/c27-19-10-14(21-15-5-2-1-4-13(15)8-9-18(21)34-19)12-33-20(28)11-25-23(29)16-6-3-7-17(26(31)32)22(16)24(25)30/h1-10H,11-12H2. The zero-order valence-electron chi connectivity index (χ0n) is 17.3. The molecule has 0 aliphatic carbocycles. The second-order valence-electron chi connectivity index (χ2n) is 7.56. The Morgan fingerprint density at radius 1 is 1.00 bits per heavy atom. The van der Waals surface area contributed by atoms with E-state index in [0.717, 1.165) is 16.8 Å². The lowest BCUT2D eigenvalue weighted by molar-refractivity contribution is -0.385. The van der Waals surface area contributed by atoms with Crippen LogP contribution in [0.2, 0.25) is 0 Å². The molecule has 4 aromatic rings. The van der Waals surface area contributed by atoms with Crippen LogP contribution in [0, 0.1) is 10.1 Å². The van der Waals surface area contributed by atoms with Crippen LogP contribution in [-0.2, 0) is 16.1 Å². The van der Waals surface area contributed by atoms with Crippen molar-refractivity contribution in [2.24, 2.45) is 0 Å². The Bertz CT molecular complexity index is 1600. The summed E-state index contributed by atoms with van der Waals surface area (Å²) >= 11 is 0. The van der Waals surface area contributed by atoms with Crippen molar-refractivity contribution in [3.05, 3.63) is 97.9 Å². The van der Waals surface area contributed by atoms with E-state index >= 15 is 0 Å². The van der Waals surface area contributed by atoms with Gasteiger partial charge < -0.3 is 9.15 Å². The predicted molar refractivity (Wildman–Crippen MR) is 118 cm³/mol. The van der Waals surface area contributed by atoms with Crippen molar-refractivity contribution in [3.8, 4) is 0 Å². The van der Waals surface area contributed by atoms with E-state index in [1.165, 1.54) is 18.2 Å². The average Bonchev–Trinajstić information content (AvgIpc) is 3.06. The molecule has 1 aliphatic rings. The number of nitro benzene ring substituents is 1. The lowest BCUT2D eigenvalue weighted by atomic mass is 10.0. The van der Waals surface area contributed by atoms with E-state index < -0.39 is 40.6 Å². The molecule has 1 aliphatic heterocycles. The van der Waals surface area contributed by atoms with Gasteiger partial charge in [0.2, 0.25) is 0 Å². The van der Waals surface area contributed by atoms with E-state index in [4.69, 9.17) is 9.15 Å². The van der Waals surface area contributed by atoms with E-state index in [2.05, 4.69) is 0 Å². The molecule has 3 aromatic carbocycles. The summed E-state index contributed by atoms with van der Waals surface area (Å²) in [4.78, 5) is 60.8. The first-order valence-corrected chi connectivity index (χ1v) is 10.1. The fourth-order valence-electron chi connectivity index (χ4n) is 4.08. The van der Waals surface area contributed by atoms with Crippen molar-refractivity contribution in [3.63, 3.8) is 0 Å². The number of hydrogen-bond donors (Lipinski definition) is 0. The Hall–Kier alpha value is -4.86. The minimum absolute atomic E-state index is 0.148. The van der Waals surface area contributed by atoms with Crippen LogP contribution in [0.4, 0.5) is 5.69 Å². The number of hydrogen-bond acceptors (Lipinski definition) is 8. The highest BCUT2D eigenvalue weighted by molar-refractivity contribution is 6.24. The van der Waals surface area contributed by atoms with Gasteiger partial charge in [0.25, 0.3) is 17.5 Å². The summed E-state index contributed by atoms with van der Waals surface area (Å²) < 4.78 is 10.5. The summed E-state index contributed by atoms with van der Waals surface area (Å²) in [6, 6.07) is 15.8. The Kier molecular flexibility index (Phi) is 4.90. The van der Waals surface area contributed by atoms with Crippen molar-refractivity contribution in [2.75, 3.05) is 6.54 Å². The van der Waals surface area contributed by atoms with Gasteiger partial charge in [-0.15, -0.1) is 0 Å². The minimum Gasteiger partial charge on any atom is -0.459 e. The lowest BCUT2D eigenvalue weighted by Gasteiger charge is -2.14. The van der Waals surface area contributed by atoms with E-state index in [1.54, 1.807) is 12.1 Å². The third-order valence-electron chi connectivity index (χ3n) is 5.56. The van der Waals surface area contributed by atoms with Crippen molar-refractivity contribution >= 4 is 45.2 Å². The molecule has 0 spiro atoms. The van der Waals surface area contributed by atoms with Gasteiger partial charge in [0, 0.05) is 23.1 Å². The molecule has 0 fully saturated rings. The number of imide groups is 1. The zero-order chi connectivity index (χ0) is 24.0. The van der Waals surface area contributed by atoms with E-state index in [0.29, 0.717) is 21.4 Å². The first kappa shape index (κ1) is 21.0. The maximum atomic E-state index is 12.6. The van der Waals surface area contributed by atoms with Crippen molar-refractivity contribution in [1.82, 2.24) is 4.90 Å². The molecule has 34 heavy (non-hydrogen) atoms. The molecule has 0 N–H and O–H groups in total. The molecule has 10 heteroatoms. The van der Waals surface area contributed by atoms with Gasteiger partial charge in [-0.05, 0) is 22.9 Å². The van der Waals surface area contributed by atoms with Crippen LogP contribution in [0.25, 0.3) is 21.7 Å². The van der Waals surface area contributed by atoms with Crippen molar-refractivity contribution in [1.29, 1.82) is 0 Å². The molecule has 5 rings (SSSR count). The van der Waals surface area contributed by atoms with Gasteiger partial charge >= 0.3 is 11.6 Å². The molecule has 2 heterocycles. The number of carbonyl (C=O) groups is 3. The fourth-order valence-corrected chi connectivity index (χ4v) is 4.08. The number of nitrogens with zero attached hydrogens (tertiary/aromatic N) is 2. The Morgan fingerprint density at radius 3 is 2.59 bits per heavy atom. The minimum atomic E-state index is -0.943. The predicted octanol–water partition coefficient (Wildman–Crippen LogP) is 3.19. The molecule has 10 nitrogen and oxygen atoms in total. The molecule has 0 radical (unpaired) electrons. The highest BCUT2D eigenvalue weighted by Crippen LogP contribution is 2.31. The smallest absolute Gasteiger partial charge is 0.336 e. The van der Waals surface area contributed by atoms with Crippen LogP contribution < -0.4 is 5.63 Å². The van der Waals surface area contributed by atoms with Gasteiger partial charge in [-0.25, -0.2) is 4.79 Å². The van der Waals surface area contributed by atoms with E-state index in [-0.39, 0.29) is 17.7 Å². The maximum Gasteiger partial charge on any atom is 0.336 e. The number of carbonyl (C=O) groups excluding carboxylic acids is 3. The van der Waals surface area contributed by atoms with E-state index in [9.17, 15) is 29.3 Å². The summed E-state index contributed by atoms with van der Waals surface area (Å²) in [5.74, 6) is -2.68. The number of esters is 1. The lowest BCUT2D eigenvalue weighted by Crippen LogP contribution is -2.35. The number of nitro groups is 1. The van der Waals surface area contributed by atoms with Gasteiger partial charge in [0.15, 0.2) is 0 Å². The molecule has 1 aromatic heterocycles. The number of rotatable bonds is 5. The van der Waals surface area contributed by atoms with Gasteiger partial charge in [-0.2, -0.15) is 0 Å². The number of ether oxygens (including phenoxy) is 1. The summed E-state index contributed by atoms with van der Waals surface area (Å²) in [6.45, 7) is -1.04. The Balaban J connectivity index is 1.40. The second-order valence-corrected chi connectivity index (χ2v) is 7.56. The molecule has 0 saturated heterocycles. The van der Waals surface area contributed by atoms with Gasteiger partial charge in [0.1, 0.15) is 24.3 Å². The van der Waals surface area contributed by atoms with Gasteiger partial charge in [0.05, 0.1) is 10.5 Å². The zero-order valence-corrected chi connectivity index (χ0v) is 17.3. The summed E-state index contributed by atoms with van der Waals surface area (Å²) in [6.07, 6.45) is 0. The van der Waals surface area contributed by atoms with Crippen LogP contribution in [0.5, 0.6) is 0 Å². The van der Waals surface area contributed by atoms with Crippen molar-refractivity contribution in [2.45, 2.75) is 6.61 Å². The first-order chi connectivity index (χ1) is 16.3. The molecule has 2 amide bonds. The quantitative estimate of drug-likeness (QED) is 0.111. The largest absolute Gasteiger partial charge is 0.459 e. The fraction of sp³-hybridized carbons (Fsp3) is 0.0833. The first-order valence-electron chi connectivity index (χ1n) is 10.1. The van der Waals surface area contributed by atoms with Crippen LogP contribution in [0.1, 0.15) is 26.3 Å². The molecule has 0 bridgehead atoms. The Labute approximate surface area is 190 Å². The second kappa shape index (κ2) is 7.93. The molecule has 0 atom stereocenters.